The Morgan fingerprint density at radius 2 is 0.714 bits per heavy atom. The van der Waals surface area contributed by atoms with Gasteiger partial charge in [0.1, 0.15) is 11.6 Å². The maximum absolute atomic E-state index is 14.2. The lowest BCUT2D eigenvalue weighted by Crippen LogP contribution is -1.92. The third kappa shape index (κ3) is 1.97. The third-order valence-corrected chi connectivity index (χ3v) is 5.73. The smallest absolute Gasteiger partial charge is 0.123 e. The van der Waals surface area contributed by atoms with Gasteiger partial charge in [0.15, 0.2) is 0 Å². The van der Waals surface area contributed by atoms with E-state index < -0.39 is 0 Å². The Kier molecular flexibility index (Phi) is 3.05. The molecule has 4 aromatic rings. The van der Waals surface area contributed by atoms with Crippen LogP contribution in [0.2, 0.25) is 0 Å². The maximum Gasteiger partial charge on any atom is 0.123 e. The quantitative estimate of drug-likeness (QED) is 0.274. The second kappa shape index (κ2) is 5.49. The van der Waals surface area contributed by atoms with E-state index in [-0.39, 0.29) is 11.6 Å². The SMILES string of the molecule is Fc1ccc2c(c1)C(=C1c3ccccc3-c3ccccc31)c1cc(F)ccc1-2. The second-order valence-electron chi connectivity index (χ2n) is 7.22. The highest BCUT2D eigenvalue weighted by Crippen LogP contribution is 2.54. The Labute approximate surface area is 161 Å². The van der Waals surface area contributed by atoms with Crippen LogP contribution in [-0.2, 0) is 0 Å². The summed E-state index contributed by atoms with van der Waals surface area (Å²) in [5, 5.41) is 0. The normalized spacial score (nSPS) is 13.2. The zero-order valence-electron chi connectivity index (χ0n) is 14.8. The van der Waals surface area contributed by atoms with Crippen LogP contribution < -0.4 is 0 Å². The van der Waals surface area contributed by atoms with Crippen LogP contribution in [0.3, 0.4) is 0 Å². The highest BCUT2D eigenvalue weighted by molar-refractivity contribution is 6.18. The largest absolute Gasteiger partial charge is 0.207 e. The first kappa shape index (κ1) is 15.5. The van der Waals surface area contributed by atoms with E-state index in [2.05, 4.69) is 24.3 Å². The lowest BCUT2D eigenvalue weighted by atomic mass is 9.91. The zero-order valence-corrected chi connectivity index (χ0v) is 14.8. The number of halogens is 2. The summed E-state index contributed by atoms with van der Waals surface area (Å²) in [7, 11) is 0. The van der Waals surface area contributed by atoms with E-state index >= 15 is 0 Å². The minimum absolute atomic E-state index is 0.287. The summed E-state index contributed by atoms with van der Waals surface area (Å²) >= 11 is 0. The fourth-order valence-electron chi connectivity index (χ4n) is 4.62. The Morgan fingerprint density at radius 3 is 1.18 bits per heavy atom. The standard InChI is InChI=1S/C26H14F2/c27-15-9-11-19-20-12-10-16(28)14-24(20)26(23(19)13-15)25-21-7-3-1-5-17(21)18-6-2-4-8-22(18)25/h1-14H. The highest BCUT2D eigenvalue weighted by Gasteiger charge is 2.32. The molecule has 0 heterocycles. The molecule has 2 aliphatic carbocycles. The molecular formula is C26H14F2. The predicted molar refractivity (Wildman–Crippen MR) is 109 cm³/mol. The van der Waals surface area contributed by atoms with Gasteiger partial charge in [0.25, 0.3) is 0 Å². The molecule has 0 spiro atoms. The molecule has 132 valence electrons. The molecule has 6 rings (SSSR count). The molecule has 0 radical (unpaired) electrons. The molecule has 0 bridgehead atoms. The van der Waals surface area contributed by atoms with Crippen LogP contribution in [-0.4, -0.2) is 0 Å². The Bertz CT molecular complexity index is 1230. The van der Waals surface area contributed by atoms with E-state index in [1.807, 2.05) is 24.3 Å². The molecule has 0 amide bonds. The van der Waals surface area contributed by atoms with Gasteiger partial charge in [-0.2, -0.15) is 0 Å². The molecule has 2 aliphatic rings. The molecule has 4 aromatic carbocycles. The van der Waals surface area contributed by atoms with Crippen molar-refractivity contribution in [3.63, 3.8) is 0 Å². The van der Waals surface area contributed by atoms with E-state index in [0.717, 1.165) is 55.7 Å². The molecule has 2 heteroatoms. The minimum Gasteiger partial charge on any atom is -0.207 e. The van der Waals surface area contributed by atoms with Crippen LogP contribution in [0.5, 0.6) is 0 Å². The zero-order chi connectivity index (χ0) is 18.8. The Balaban J connectivity index is 1.82. The van der Waals surface area contributed by atoms with Crippen molar-refractivity contribution in [2.24, 2.45) is 0 Å². The number of hydrogen-bond acceptors (Lipinski definition) is 0. The van der Waals surface area contributed by atoms with E-state index in [1.54, 1.807) is 24.3 Å². The summed E-state index contributed by atoms with van der Waals surface area (Å²) in [6.45, 7) is 0. The van der Waals surface area contributed by atoms with Crippen LogP contribution in [0.1, 0.15) is 22.3 Å². The summed E-state index contributed by atoms with van der Waals surface area (Å²) in [5.74, 6) is -0.575. The molecule has 0 atom stereocenters. The van der Waals surface area contributed by atoms with Gasteiger partial charge in [-0.3, -0.25) is 0 Å². The summed E-state index contributed by atoms with van der Waals surface area (Å²) < 4.78 is 28.4. The Hall–Kier alpha value is -3.52. The van der Waals surface area contributed by atoms with E-state index in [9.17, 15) is 8.78 Å². The summed E-state index contributed by atoms with van der Waals surface area (Å²) in [5.41, 5.74) is 10.00. The van der Waals surface area contributed by atoms with Gasteiger partial charge in [-0.25, -0.2) is 8.78 Å². The van der Waals surface area contributed by atoms with E-state index in [4.69, 9.17) is 0 Å². The Morgan fingerprint density at radius 1 is 0.357 bits per heavy atom. The van der Waals surface area contributed by atoms with Gasteiger partial charge in [0.05, 0.1) is 0 Å². The molecule has 0 aromatic heterocycles. The molecule has 0 N–H and O–H groups in total. The van der Waals surface area contributed by atoms with Gasteiger partial charge >= 0.3 is 0 Å². The number of fused-ring (bicyclic) bond motifs is 6. The lowest BCUT2D eigenvalue weighted by molar-refractivity contribution is 0.627. The molecule has 0 fully saturated rings. The van der Waals surface area contributed by atoms with Crippen LogP contribution in [0.25, 0.3) is 33.4 Å². The first-order chi connectivity index (χ1) is 13.7. The van der Waals surface area contributed by atoms with Gasteiger partial charge in [-0.15, -0.1) is 0 Å². The van der Waals surface area contributed by atoms with Gasteiger partial charge in [-0.05, 0) is 79.9 Å². The second-order valence-corrected chi connectivity index (χ2v) is 7.22. The summed E-state index contributed by atoms with van der Waals surface area (Å²) in [6.07, 6.45) is 0. The van der Waals surface area contributed by atoms with Crippen LogP contribution in [0.4, 0.5) is 8.78 Å². The number of benzene rings is 4. The molecule has 0 saturated heterocycles. The fourth-order valence-corrected chi connectivity index (χ4v) is 4.62. The number of rotatable bonds is 0. The highest BCUT2D eigenvalue weighted by atomic mass is 19.1. The lowest BCUT2D eigenvalue weighted by Gasteiger charge is -2.11. The van der Waals surface area contributed by atoms with Gasteiger partial charge in [0.2, 0.25) is 0 Å². The van der Waals surface area contributed by atoms with Gasteiger partial charge in [-0.1, -0.05) is 60.7 Å². The fraction of sp³-hybridized carbons (Fsp3) is 0. The van der Waals surface area contributed by atoms with Crippen molar-refractivity contribution < 1.29 is 8.78 Å². The van der Waals surface area contributed by atoms with Crippen molar-refractivity contribution in [2.75, 3.05) is 0 Å². The van der Waals surface area contributed by atoms with Crippen molar-refractivity contribution in [3.05, 3.63) is 119 Å². The van der Waals surface area contributed by atoms with Crippen molar-refractivity contribution in [1.82, 2.24) is 0 Å². The predicted octanol–water partition coefficient (Wildman–Crippen LogP) is 6.93. The van der Waals surface area contributed by atoms with Crippen molar-refractivity contribution in [3.8, 4) is 22.3 Å². The van der Waals surface area contributed by atoms with E-state index in [0.29, 0.717) is 0 Å². The molecular weight excluding hydrogens is 350 g/mol. The van der Waals surface area contributed by atoms with Crippen molar-refractivity contribution in [2.45, 2.75) is 0 Å². The summed E-state index contributed by atoms with van der Waals surface area (Å²) in [6, 6.07) is 26.1. The van der Waals surface area contributed by atoms with Crippen LogP contribution in [0.15, 0.2) is 84.9 Å². The number of hydrogen-bond donors (Lipinski definition) is 0. The van der Waals surface area contributed by atoms with Crippen molar-refractivity contribution in [1.29, 1.82) is 0 Å². The monoisotopic (exact) mass is 364 g/mol. The molecule has 0 aliphatic heterocycles. The van der Waals surface area contributed by atoms with E-state index in [1.165, 1.54) is 12.1 Å². The van der Waals surface area contributed by atoms with Crippen molar-refractivity contribution >= 4 is 11.1 Å². The van der Waals surface area contributed by atoms with Gasteiger partial charge < -0.3 is 0 Å². The average molecular weight is 364 g/mol. The first-order valence-corrected chi connectivity index (χ1v) is 9.26. The minimum atomic E-state index is -0.287. The topological polar surface area (TPSA) is 0 Å². The van der Waals surface area contributed by atoms with Crippen LogP contribution >= 0.6 is 0 Å². The average Bonchev–Trinajstić information content (AvgIpc) is 3.19. The molecule has 28 heavy (non-hydrogen) atoms. The van der Waals surface area contributed by atoms with Gasteiger partial charge in [0, 0.05) is 0 Å². The summed E-state index contributed by atoms with van der Waals surface area (Å²) in [4.78, 5) is 0. The molecule has 0 saturated carbocycles. The molecule has 0 nitrogen and oxygen atoms in total. The molecule has 0 unspecified atom stereocenters. The third-order valence-electron chi connectivity index (χ3n) is 5.73. The first-order valence-electron chi connectivity index (χ1n) is 9.26. The maximum atomic E-state index is 14.2. The van der Waals surface area contributed by atoms with Crippen LogP contribution in [0, 0.1) is 11.6 Å².